The first-order valence-corrected chi connectivity index (χ1v) is 17.8. The van der Waals surface area contributed by atoms with E-state index in [9.17, 15) is 19.2 Å². The molecule has 12 nitrogen and oxygen atoms in total. The topological polar surface area (TPSA) is 135 Å². The molecule has 1 amide bonds. The van der Waals surface area contributed by atoms with Gasteiger partial charge in [-0.2, -0.15) is 5.06 Å². The van der Waals surface area contributed by atoms with E-state index in [1.807, 2.05) is 87.5 Å². The lowest BCUT2D eigenvalue weighted by Gasteiger charge is -2.29. The fourth-order valence-electron chi connectivity index (χ4n) is 6.68. The van der Waals surface area contributed by atoms with Crippen LogP contribution in [0.5, 0.6) is 5.75 Å². The number of oxime groups is 1. The van der Waals surface area contributed by atoms with Gasteiger partial charge in [0, 0.05) is 72.2 Å². The molecule has 0 bridgehead atoms. The molecule has 54 heavy (non-hydrogen) atoms. The number of carbonyl (C=O) groups excluding carboxylic acids is 4. The zero-order valence-corrected chi connectivity index (χ0v) is 31.2. The average molecular weight is 734 g/mol. The molecule has 0 saturated carbocycles. The van der Waals surface area contributed by atoms with E-state index in [1.165, 1.54) is 20.8 Å². The van der Waals surface area contributed by atoms with Gasteiger partial charge in [-0.25, -0.2) is 4.79 Å². The Labute approximate surface area is 313 Å². The molecule has 5 aromatic rings. The smallest absolute Gasteiger partial charge is 0.331 e. The van der Waals surface area contributed by atoms with Gasteiger partial charge in [-0.1, -0.05) is 41.6 Å². The van der Waals surface area contributed by atoms with Crippen LogP contribution < -0.4 is 4.74 Å². The third-order valence-electron chi connectivity index (χ3n) is 9.07. The molecule has 0 aliphatic carbocycles. The largest absolute Gasteiger partial charge is 0.491 e. The molecule has 0 N–H and O–H groups in total. The monoisotopic (exact) mass is 733 g/mol. The van der Waals surface area contributed by atoms with Crippen molar-refractivity contribution in [3.8, 4) is 5.75 Å². The van der Waals surface area contributed by atoms with E-state index in [2.05, 4.69) is 9.72 Å². The van der Waals surface area contributed by atoms with E-state index < -0.39 is 29.7 Å². The lowest BCUT2D eigenvalue weighted by atomic mass is 9.95. The molecular weight excluding hydrogens is 690 g/mol. The van der Waals surface area contributed by atoms with Crippen molar-refractivity contribution < 1.29 is 43.1 Å². The number of hydroxylamine groups is 2. The van der Waals surface area contributed by atoms with Crippen molar-refractivity contribution in [1.29, 1.82) is 0 Å². The molecule has 1 aliphatic rings. The summed E-state index contributed by atoms with van der Waals surface area (Å²) >= 11 is 0. The van der Waals surface area contributed by atoms with Crippen LogP contribution in [-0.4, -0.2) is 64.1 Å². The van der Waals surface area contributed by atoms with Crippen molar-refractivity contribution in [2.24, 2.45) is 5.16 Å². The van der Waals surface area contributed by atoms with Gasteiger partial charge < -0.3 is 28.5 Å². The highest BCUT2D eigenvalue weighted by Gasteiger charge is 2.33. The van der Waals surface area contributed by atoms with Gasteiger partial charge in [0.05, 0.1) is 12.3 Å². The van der Waals surface area contributed by atoms with Gasteiger partial charge in [0.1, 0.15) is 24.5 Å². The maximum absolute atomic E-state index is 13.8. The van der Waals surface area contributed by atoms with Crippen LogP contribution in [0.4, 0.5) is 0 Å². The van der Waals surface area contributed by atoms with Crippen LogP contribution in [-0.2, 0) is 40.1 Å². The van der Waals surface area contributed by atoms with E-state index in [0.717, 1.165) is 26.9 Å². The molecule has 1 aliphatic heterocycles. The zero-order valence-electron chi connectivity index (χ0n) is 31.2. The number of aromatic nitrogens is 1. The number of carbonyl (C=O) groups is 4. The van der Waals surface area contributed by atoms with Crippen LogP contribution in [0.2, 0.25) is 0 Å². The first kappa shape index (κ1) is 37.9. The molecule has 280 valence electrons. The number of aryl methyl sites for hydroxylation is 1. The van der Waals surface area contributed by atoms with E-state index in [4.69, 9.17) is 23.9 Å². The maximum atomic E-state index is 13.8. The van der Waals surface area contributed by atoms with E-state index >= 15 is 0 Å². The predicted octanol–water partition coefficient (Wildman–Crippen LogP) is 7.30. The minimum absolute atomic E-state index is 0.0327. The molecule has 4 aromatic carbocycles. The molecule has 0 radical (unpaired) electrons. The number of hydrogen-bond donors (Lipinski definition) is 0. The number of ether oxygens (including phenoxy) is 3. The van der Waals surface area contributed by atoms with Gasteiger partial charge in [0.25, 0.3) is 5.91 Å². The van der Waals surface area contributed by atoms with Crippen LogP contribution >= 0.6 is 0 Å². The summed E-state index contributed by atoms with van der Waals surface area (Å²) in [6, 6.07) is 26.7. The summed E-state index contributed by atoms with van der Waals surface area (Å²) in [6.07, 6.45) is -0.144. The Kier molecular flexibility index (Phi) is 11.2. The van der Waals surface area contributed by atoms with E-state index in [-0.39, 0.29) is 18.3 Å². The summed E-state index contributed by atoms with van der Waals surface area (Å²) in [5, 5.41) is 6.94. The number of rotatable bonds is 12. The molecule has 2 unspecified atom stereocenters. The van der Waals surface area contributed by atoms with E-state index in [0.29, 0.717) is 53.5 Å². The van der Waals surface area contributed by atoms with Gasteiger partial charge in [-0.05, 0) is 80.9 Å². The Morgan fingerprint density at radius 2 is 1.48 bits per heavy atom. The fraction of sp³-hybridized carbons (Fsp3) is 0.310. The first-order valence-electron chi connectivity index (χ1n) is 17.8. The highest BCUT2D eigenvalue weighted by molar-refractivity contribution is 6.16. The number of fused-ring (bicyclic) bond motifs is 3. The van der Waals surface area contributed by atoms with Gasteiger partial charge in [-0.15, -0.1) is 0 Å². The highest BCUT2D eigenvalue weighted by atomic mass is 16.7. The second kappa shape index (κ2) is 16.0. The second-order valence-electron chi connectivity index (χ2n) is 13.5. The normalized spacial score (nSPS) is 15.9. The lowest BCUT2D eigenvalue weighted by Crippen LogP contribution is -2.36. The quantitative estimate of drug-likeness (QED) is 0.0560. The summed E-state index contributed by atoms with van der Waals surface area (Å²) in [4.78, 5) is 61.2. The molecule has 0 spiro atoms. The summed E-state index contributed by atoms with van der Waals surface area (Å²) in [5.74, 6) is -1.95. The summed E-state index contributed by atoms with van der Waals surface area (Å²) in [7, 11) is 0. The number of hydrogen-bond acceptors (Lipinski definition) is 10. The SMILES string of the molecule is CCn1c2ccc(C(=O)c3ccc(OCC4COC(C)(C)O4)cc3)cc2c2cc(/C(CC(c3ccccc3)N(OC(C)=O)C(C)=O)=N/OC(C)=O)ccc21. The molecule has 1 fully saturated rings. The van der Waals surface area contributed by atoms with Crippen LogP contribution in [0.1, 0.15) is 81.1 Å². The Bertz CT molecular complexity index is 2220. The molecule has 1 aromatic heterocycles. The second-order valence-corrected chi connectivity index (χ2v) is 13.5. The predicted molar refractivity (Wildman–Crippen MR) is 202 cm³/mol. The lowest BCUT2D eigenvalue weighted by molar-refractivity contribution is -0.204. The third kappa shape index (κ3) is 8.51. The third-order valence-corrected chi connectivity index (χ3v) is 9.07. The van der Waals surface area contributed by atoms with Crippen molar-refractivity contribution >= 4 is 51.1 Å². The number of amides is 1. The van der Waals surface area contributed by atoms with Crippen molar-refractivity contribution in [1.82, 2.24) is 9.63 Å². The van der Waals surface area contributed by atoms with E-state index in [1.54, 1.807) is 24.3 Å². The Morgan fingerprint density at radius 3 is 2.06 bits per heavy atom. The molecule has 2 heterocycles. The molecular formula is C42H43N3O9. The molecule has 1 saturated heterocycles. The summed E-state index contributed by atoms with van der Waals surface area (Å²) < 4.78 is 19.5. The van der Waals surface area contributed by atoms with Crippen molar-refractivity contribution in [3.05, 3.63) is 113 Å². The van der Waals surface area contributed by atoms with Crippen molar-refractivity contribution in [2.45, 2.75) is 72.4 Å². The Hall–Kier alpha value is -5.85. The van der Waals surface area contributed by atoms with Gasteiger partial charge >= 0.3 is 11.9 Å². The highest BCUT2D eigenvalue weighted by Crippen LogP contribution is 2.34. The number of benzene rings is 4. The molecule has 2 atom stereocenters. The summed E-state index contributed by atoms with van der Waals surface area (Å²) in [5.41, 5.74) is 4.50. The van der Waals surface area contributed by atoms with Crippen molar-refractivity contribution in [2.75, 3.05) is 13.2 Å². The van der Waals surface area contributed by atoms with Gasteiger partial charge in [-0.3, -0.25) is 14.4 Å². The maximum Gasteiger partial charge on any atom is 0.331 e. The van der Waals surface area contributed by atoms with Gasteiger partial charge in [0.15, 0.2) is 11.6 Å². The minimum atomic E-state index is -0.798. The first-order chi connectivity index (χ1) is 25.8. The Balaban J connectivity index is 1.34. The van der Waals surface area contributed by atoms with Gasteiger partial charge in [0.2, 0.25) is 0 Å². The van der Waals surface area contributed by atoms with Crippen LogP contribution in [0.25, 0.3) is 21.8 Å². The standard InChI is InChI=1S/C42H43N3O9/c1-7-44-38-19-15-31(37(43-53-27(3)47)23-40(29-11-9-8-10-12-29)45(26(2)46)54-28(4)48)21-35(38)36-22-32(16-20-39(36)44)41(49)30-13-17-33(18-14-30)50-24-34-25-51-42(5,6)52-34/h8-22,34,40H,7,23-25H2,1-6H3/b43-37+. The van der Waals surface area contributed by atoms with Crippen molar-refractivity contribution in [3.63, 3.8) is 0 Å². The van der Waals surface area contributed by atoms with Crippen LogP contribution in [0.3, 0.4) is 0 Å². The Morgan fingerprint density at radius 1 is 0.852 bits per heavy atom. The molecule has 12 heteroatoms. The van der Waals surface area contributed by atoms with Crippen LogP contribution in [0.15, 0.2) is 96.2 Å². The number of ketones is 1. The minimum Gasteiger partial charge on any atom is -0.491 e. The summed E-state index contributed by atoms with van der Waals surface area (Å²) in [6.45, 7) is 11.0. The van der Waals surface area contributed by atoms with Crippen LogP contribution in [0, 0.1) is 0 Å². The fourth-order valence-corrected chi connectivity index (χ4v) is 6.68. The number of nitrogens with zero attached hydrogens (tertiary/aromatic N) is 3. The molecule has 6 rings (SSSR count). The average Bonchev–Trinajstić information content (AvgIpc) is 3.67. The zero-order chi connectivity index (χ0) is 38.6.